The van der Waals surface area contributed by atoms with Gasteiger partial charge >= 0.3 is 5.97 Å². The minimum atomic E-state index is -1.16. The van der Waals surface area contributed by atoms with Crippen LogP contribution in [0.15, 0.2) is 36.5 Å². The number of hydrogen-bond acceptors (Lipinski definition) is 4. The molecule has 0 aliphatic carbocycles. The summed E-state index contributed by atoms with van der Waals surface area (Å²) in [5.74, 6) is -2.75. The zero-order valence-corrected chi connectivity index (χ0v) is 13.0. The molecule has 0 saturated carbocycles. The molecule has 0 fully saturated rings. The third-order valence-electron chi connectivity index (χ3n) is 4.32. The van der Waals surface area contributed by atoms with E-state index in [1.54, 1.807) is 30.3 Å². The summed E-state index contributed by atoms with van der Waals surface area (Å²) in [6.07, 6.45) is 3.82. The van der Waals surface area contributed by atoms with E-state index in [4.69, 9.17) is 5.11 Å². The molecule has 124 valence electrons. The molecule has 0 bridgehead atoms. The highest BCUT2D eigenvalue weighted by Crippen LogP contribution is 2.28. The van der Waals surface area contributed by atoms with Crippen molar-refractivity contribution in [2.75, 3.05) is 0 Å². The van der Waals surface area contributed by atoms with Gasteiger partial charge in [-0.3, -0.25) is 19.3 Å². The number of fused-ring (bicyclic) bond motifs is 1. The number of carbonyl (C=O) groups is 4. The van der Waals surface area contributed by atoms with Crippen molar-refractivity contribution in [1.29, 1.82) is 0 Å². The van der Waals surface area contributed by atoms with E-state index in [1.807, 2.05) is 0 Å². The number of carbonyl (C=O) groups excluding carboxylic acids is 3. The molecule has 3 amide bonds. The Balaban J connectivity index is 1.95. The quantitative estimate of drug-likeness (QED) is 0.843. The van der Waals surface area contributed by atoms with E-state index in [2.05, 4.69) is 0 Å². The molecule has 2 aliphatic rings. The summed E-state index contributed by atoms with van der Waals surface area (Å²) in [6.45, 7) is 1.38. The summed E-state index contributed by atoms with van der Waals surface area (Å²) in [6, 6.07) is 4.32. The zero-order valence-electron chi connectivity index (χ0n) is 13.0. The van der Waals surface area contributed by atoms with Crippen LogP contribution in [0.3, 0.4) is 0 Å². The predicted octanol–water partition coefficient (Wildman–Crippen LogP) is 1.26. The number of carboxylic acid groups (broad SMARTS) is 1. The number of allylic oxidation sites excluding steroid dienone is 1. The molecule has 3 rings (SSSR count). The van der Waals surface area contributed by atoms with Gasteiger partial charge in [-0.15, -0.1) is 0 Å². The maximum Gasteiger partial charge on any atom is 0.326 e. The summed E-state index contributed by atoms with van der Waals surface area (Å²) >= 11 is 0. The number of amides is 3. The van der Waals surface area contributed by atoms with Gasteiger partial charge in [0.1, 0.15) is 12.1 Å². The van der Waals surface area contributed by atoms with Gasteiger partial charge in [0.15, 0.2) is 0 Å². The summed E-state index contributed by atoms with van der Waals surface area (Å²) < 4.78 is 0. The minimum Gasteiger partial charge on any atom is -0.480 e. The molecular weight excluding hydrogens is 312 g/mol. The number of carboxylic acids is 1. The number of imide groups is 1. The molecular formula is C17H16N2O5. The second-order valence-corrected chi connectivity index (χ2v) is 5.76. The smallest absolute Gasteiger partial charge is 0.326 e. The fourth-order valence-corrected chi connectivity index (χ4v) is 2.98. The lowest BCUT2D eigenvalue weighted by atomic mass is 10.1. The molecule has 24 heavy (non-hydrogen) atoms. The van der Waals surface area contributed by atoms with Crippen molar-refractivity contribution in [3.8, 4) is 0 Å². The van der Waals surface area contributed by atoms with Gasteiger partial charge in [0.25, 0.3) is 17.7 Å². The topological polar surface area (TPSA) is 95.0 Å². The Morgan fingerprint density at radius 2 is 1.75 bits per heavy atom. The van der Waals surface area contributed by atoms with E-state index in [-0.39, 0.29) is 17.5 Å². The molecule has 0 radical (unpaired) electrons. The SMILES string of the molecule is C[C@H](C(=O)O)N1C=CCC[C@H](N2C(=O)c3ccccc3C2=O)C1=O. The van der Waals surface area contributed by atoms with Crippen molar-refractivity contribution >= 4 is 23.7 Å². The number of aliphatic carboxylic acids is 1. The fourth-order valence-electron chi connectivity index (χ4n) is 2.98. The second-order valence-electron chi connectivity index (χ2n) is 5.76. The molecule has 1 aromatic rings. The highest BCUT2D eigenvalue weighted by Gasteiger charge is 2.44. The average Bonchev–Trinajstić information content (AvgIpc) is 2.71. The molecule has 0 unspecified atom stereocenters. The minimum absolute atomic E-state index is 0.268. The van der Waals surface area contributed by atoms with Gasteiger partial charge in [-0.05, 0) is 31.9 Å². The number of nitrogens with zero attached hydrogens (tertiary/aromatic N) is 2. The summed E-state index contributed by atoms with van der Waals surface area (Å²) in [4.78, 5) is 51.2. The van der Waals surface area contributed by atoms with Crippen LogP contribution in [0.2, 0.25) is 0 Å². The summed E-state index contributed by atoms with van der Waals surface area (Å²) in [5, 5.41) is 9.17. The van der Waals surface area contributed by atoms with Gasteiger partial charge in [-0.25, -0.2) is 4.79 Å². The molecule has 7 nitrogen and oxygen atoms in total. The van der Waals surface area contributed by atoms with E-state index < -0.39 is 35.8 Å². The summed E-state index contributed by atoms with van der Waals surface area (Å²) in [5.41, 5.74) is 0.538. The average molecular weight is 328 g/mol. The molecule has 2 atom stereocenters. The van der Waals surface area contributed by atoms with Gasteiger partial charge in [0.2, 0.25) is 0 Å². The van der Waals surface area contributed by atoms with Crippen LogP contribution in [-0.2, 0) is 9.59 Å². The molecule has 2 heterocycles. The van der Waals surface area contributed by atoms with Crippen molar-refractivity contribution in [1.82, 2.24) is 9.80 Å². The maximum atomic E-state index is 12.8. The third-order valence-corrected chi connectivity index (χ3v) is 4.32. The molecule has 2 aliphatic heterocycles. The van der Waals surface area contributed by atoms with Gasteiger partial charge in [0.05, 0.1) is 11.1 Å². The zero-order chi connectivity index (χ0) is 17.4. The van der Waals surface area contributed by atoms with E-state index in [1.165, 1.54) is 13.1 Å². The molecule has 0 spiro atoms. The molecule has 0 aromatic heterocycles. The Kier molecular flexibility index (Phi) is 3.92. The molecule has 1 aromatic carbocycles. The van der Waals surface area contributed by atoms with Crippen LogP contribution in [-0.4, -0.2) is 50.7 Å². The fraction of sp³-hybridized carbons (Fsp3) is 0.294. The number of rotatable bonds is 3. The first-order chi connectivity index (χ1) is 11.4. The van der Waals surface area contributed by atoms with Crippen LogP contribution in [0.25, 0.3) is 0 Å². The van der Waals surface area contributed by atoms with Gasteiger partial charge in [0, 0.05) is 6.20 Å². The van der Waals surface area contributed by atoms with Crippen LogP contribution in [0.5, 0.6) is 0 Å². The number of hydrogen-bond donors (Lipinski definition) is 1. The second kappa shape index (κ2) is 5.92. The van der Waals surface area contributed by atoms with Crippen LogP contribution in [0.4, 0.5) is 0 Å². The lowest BCUT2D eigenvalue weighted by Crippen LogP contribution is -2.52. The number of benzene rings is 1. The molecule has 0 saturated heterocycles. The van der Waals surface area contributed by atoms with Gasteiger partial charge in [-0.2, -0.15) is 0 Å². The first-order valence-corrected chi connectivity index (χ1v) is 7.62. The Bertz CT molecular complexity index is 735. The van der Waals surface area contributed by atoms with Crippen LogP contribution >= 0.6 is 0 Å². The monoisotopic (exact) mass is 328 g/mol. The Hall–Kier alpha value is -2.96. The highest BCUT2D eigenvalue weighted by atomic mass is 16.4. The normalized spacial score (nSPS) is 21.7. The van der Waals surface area contributed by atoms with E-state index >= 15 is 0 Å². The van der Waals surface area contributed by atoms with E-state index in [0.717, 1.165) is 9.80 Å². The van der Waals surface area contributed by atoms with Crippen LogP contribution < -0.4 is 0 Å². The summed E-state index contributed by atoms with van der Waals surface area (Å²) in [7, 11) is 0. The largest absolute Gasteiger partial charge is 0.480 e. The highest BCUT2D eigenvalue weighted by molar-refractivity contribution is 6.22. The Labute approximate surface area is 138 Å². The first kappa shape index (κ1) is 15.9. The van der Waals surface area contributed by atoms with Crippen LogP contribution in [0, 0.1) is 0 Å². The van der Waals surface area contributed by atoms with Crippen LogP contribution in [0.1, 0.15) is 40.5 Å². The van der Waals surface area contributed by atoms with Crippen molar-refractivity contribution < 1.29 is 24.3 Å². The lowest BCUT2D eigenvalue weighted by molar-refractivity contribution is -0.148. The van der Waals surface area contributed by atoms with Crippen molar-refractivity contribution in [3.63, 3.8) is 0 Å². The maximum absolute atomic E-state index is 12.8. The first-order valence-electron chi connectivity index (χ1n) is 7.62. The van der Waals surface area contributed by atoms with Gasteiger partial charge < -0.3 is 10.0 Å². The third kappa shape index (κ3) is 2.38. The Morgan fingerprint density at radius 1 is 1.17 bits per heavy atom. The predicted molar refractivity (Wildman–Crippen MR) is 83.0 cm³/mol. The molecule has 7 heteroatoms. The standard InChI is InChI=1S/C17H16N2O5/c1-10(17(23)24)18-9-5-4-8-13(16(18)22)19-14(20)11-6-2-3-7-12(11)15(19)21/h2-3,5-7,9-10,13H,4,8H2,1H3,(H,23,24)/t10-,13+/m1/s1. The van der Waals surface area contributed by atoms with E-state index in [0.29, 0.717) is 6.42 Å². The van der Waals surface area contributed by atoms with Gasteiger partial charge in [-0.1, -0.05) is 18.2 Å². The van der Waals surface area contributed by atoms with E-state index in [9.17, 15) is 19.2 Å². The van der Waals surface area contributed by atoms with Crippen molar-refractivity contribution in [2.45, 2.75) is 31.8 Å². The van der Waals surface area contributed by atoms with Crippen molar-refractivity contribution in [3.05, 3.63) is 47.7 Å². The Morgan fingerprint density at radius 3 is 2.29 bits per heavy atom. The lowest BCUT2D eigenvalue weighted by Gasteiger charge is -2.29. The molecule has 1 N–H and O–H groups in total. The van der Waals surface area contributed by atoms with Crippen molar-refractivity contribution in [2.24, 2.45) is 0 Å².